The van der Waals surface area contributed by atoms with E-state index in [1.165, 1.54) is 25.3 Å². The first-order chi connectivity index (χ1) is 14.3. The highest BCUT2D eigenvalue weighted by atomic mass is 32.1. The molecule has 0 spiro atoms. The van der Waals surface area contributed by atoms with Crippen molar-refractivity contribution in [3.63, 3.8) is 0 Å². The molecule has 2 rings (SSSR count). The number of hydrogen-bond donors (Lipinski definition) is 5. The molecule has 0 aliphatic heterocycles. The maximum atomic E-state index is 12.9. The average Bonchev–Trinajstić information content (AvgIpc) is 2.70. The molecule has 1 unspecified atom stereocenters. The first-order valence-electron chi connectivity index (χ1n) is 8.71. The first kappa shape index (κ1) is 22.4. The number of carbonyl (C=O) groups excluding carboxylic acids is 2. The molecule has 1 atom stereocenters. The Labute approximate surface area is 178 Å². The van der Waals surface area contributed by atoms with Crippen LogP contribution in [0.5, 0.6) is 17.2 Å². The average molecular weight is 428 g/mol. The molecule has 156 valence electrons. The van der Waals surface area contributed by atoms with Crippen LogP contribution in [0.25, 0.3) is 0 Å². The van der Waals surface area contributed by atoms with E-state index < -0.39 is 17.9 Å². The number of rotatable bonds is 7. The molecule has 0 fully saturated rings. The Morgan fingerprint density at radius 2 is 1.90 bits per heavy atom. The van der Waals surface area contributed by atoms with Crippen molar-refractivity contribution in [2.24, 2.45) is 5.73 Å². The highest BCUT2D eigenvalue weighted by molar-refractivity contribution is 7.80. The van der Waals surface area contributed by atoms with Crippen LogP contribution < -0.4 is 21.1 Å². The summed E-state index contributed by atoms with van der Waals surface area (Å²) in [6.07, 6.45) is 0.162. The van der Waals surface area contributed by atoms with Gasteiger partial charge < -0.3 is 26.0 Å². The van der Waals surface area contributed by atoms with Crippen LogP contribution in [-0.4, -0.2) is 40.8 Å². The minimum Gasteiger partial charge on any atom is -0.508 e. The van der Waals surface area contributed by atoms with Crippen LogP contribution in [-0.2, 0) is 11.2 Å². The van der Waals surface area contributed by atoms with E-state index in [9.17, 15) is 19.8 Å². The maximum absolute atomic E-state index is 12.9. The van der Waals surface area contributed by atoms with Gasteiger partial charge >= 0.3 is 6.03 Å². The fraction of sp³-hybridized carbons (Fsp3) is 0.200. The van der Waals surface area contributed by atoms with Crippen molar-refractivity contribution >= 4 is 29.1 Å². The Kier molecular flexibility index (Phi) is 7.55. The summed E-state index contributed by atoms with van der Waals surface area (Å²) in [7, 11) is 1.34. The zero-order valence-corrected chi connectivity index (χ0v) is 16.8. The number of carbonyl (C=O) groups is 2. The molecule has 9 nitrogen and oxygen atoms in total. The van der Waals surface area contributed by atoms with E-state index in [0.717, 1.165) is 0 Å². The van der Waals surface area contributed by atoms with Gasteiger partial charge in [0.15, 0.2) is 11.5 Å². The minimum absolute atomic E-state index is 0.0130. The van der Waals surface area contributed by atoms with Crippen molar-refractivity contribution in [2.75, 3.05) is 13.7 Å². The molecule has 0 bridgehead atoms. The molecule has 6 N–H and O–H groups in total. The SMILES string of the molecule is COc1ccc(C(Cc2ccc(O)cc2)C(=O)NCC#N)c(C(=S)NC(N)=O)c1O. The number of primary amides is 1. The van der Waals surface area contributed by atoms with Crippen LogP contribution in [0, 0.1) is 11.3 Å². The predicted octanol–water partition coefficient (Wildman–Crippen LogP) is 1.42. The minimum atomic E-state index is -0.933. The van der Waals surface area contributed by atoms with Crippen molar-refractivity contribution in [1.29, 1.82) is 5.26 Å². The summed E-state index contributed by atoms with van der Waals surface area (Å²) >= 11 is 5.21. The highest BCUT2D eigenvalue weighted by Gasteiger charge is 2.28. The van der Waals surface area contributed by atoms with Crippen molar-refractivity contribution in [3.8, 4) is 23.3 Å². The van der Waals surface area contributed by atoms with E-state index >= 15 is 0 Å². The molecule has 3 amide bonds. The van der Waals surface area contributed by atoms with Gasteiger partial charge in [-0.05, 0) is 35.7 Å². The second-order valence-electron chi connectivity index (χ2n) is 6.20. The van der Waals surface area contributed by atoms with Gasteiger partial charge in [0, 0.05) is 0 Å². The molecule has 0 saturated carbocycles. The van der Waals surface area contributed by atoms with Crippen LogP contribution in [0.4, 0.5) is 4.79 Å². The summed E-state index contributed by atoms with van der Waals surface area (Å²) < 4.78 is 5.11. The van der Waals surface area contributed by atoms with Gasteiger partial charge in [-0.3, -0.25) is 10.1 Å². The maximum Gasteiger partial charge on any atom is 0.317 e. The summed E-state index contributed by atoms with van der Waals surface area (Å²) in [5, 5.41) is 33.7. The summed E-state index contributed by atoms with van der Waals surface area (Å²) in [6, 6.07) is 10.1. The molecule has 0 radical (unpaired) electrons. The number of nitrogens with zero attached hydrogens (tertiary/aromatic N) is 1. The predicted molar refractivity (Wildman–Crippen MR) is 112 cm³/mol. The zero-order chi connectivity index (χ0) is 22.3. The fourth-order valence-corrected chi connectivity index (χ4v) is 3.23. The fourth-order valence-electron chi connectivity index (χ4n) is 2.92. The number of phenolic OH excluding ortho intramolecular Hbond substituents is 2. The van der Waals surface area contributed by atoms with Crippen LogP contribution in [0.3, 0.4) is 0 Å². The largest absolute Gasteiger partial charge is 0.508 e. The number of nitriles is 1. The van der Waals surface area contributed by atoms with Crippen molar-refractivity contribution in [2.45, 2.75) is 12.3 Å². The Bertz CT molecular complexity index is 1000. The molecular weight excluding hydrogens is 408 g/mol. The molecule has 0 aliphatic carbocycles. The Morgan fingerprint density at radius 1 is 1.23 bits per heavy atom. The van der Waals surface area contributed by atoms with Crippen LogP contribution in [0.1, 0.15) is 22.6 Å². The topological polar surface area (TPSA) is 158 Å². The second kappa shape index (κ2) is 10.1. The number of amides is 3. The van der Waals surface area contributed by atoms with E-state index in [0.29, 0.717) is 11.1 Å². The normalized spacial score (nSPS) is 11.1. The van der Waals surface area contributed by atoms with E-state index in [1.807, 2.05) is 6.07 Å². The van der Waals surface area contributed by atoms with E-state index in [2.05, 4.69) is 10.6 Å². The molecule has 0 aliphatic rings. The summed E-state index contributed by atoms with van der Waals surface area (Å²) in [5.41, 5.74) is 6.17. The summed E-state index contributed by atoms with van der Waals surface area (Å²) in [6.45, 7) is -0.216. The third kappa shape index (κ3) is 5.36. The quantitative estimate of drug-likeness (QED) is 0.329. The van der Waals surface area contributed by atoms with Crippen molar-refractivity contribution in [3.05, 3.63) is 53.1 Å². The van der Waals surface area contributed by atoms with Gasteiger partial charge in [0.2, 0.25) is 5.91 Å². The molecule has 2 aromatic carbocycles. The van der Waals surface area contributed by atoms with E-state index in [-0.39, 0.29) is 40.8 Å². The number of aromatic hydroxyl groups is 2. The van der Waals surface area contributed by atoms with Gasteiger partial charge in [0.05, 0.1) is 24.7 Å². The molecule has 2 aromatic rings. The molecular formula is C20H20N4O5S. The van der Waals surface area contributed by atoms with Gasteiger partial charge in [0.25, 0.3) is 0 Å². The van der Waals surface area contributed by atoms with Crippen molar-refractivity contribution in [1.82, 2.24) is 10.6 Å². The lowest BCUT2D eigenvalue weighted by Crippen LogP contribution is -2.36. The van der Waals surface area contributed by atoms with Gasteiger partial charge in [-0.15, -0.1) is 0 Å². The third-order valence-corrected chi connectivity index (χ3v) is 4.57. The standard InChI is InChI=1S/C20H20N4O5S/c1-29-15-7-6-13(16(17(15)26)19(30)24-20(22)28)14(18(27)23-9-8-21)10-11-2-4-12(25)5-3-11/h2-7,14,25-26H,9-10H2,1H3,(H,23,27)(H3,22,24,28,30). The lowest BCUT2D eigenvalue weighted by atomic mass is 9.87. The van der Waals surface area contributed by atoms with Gasteiger partial charge in [-0.25, -0.2) is 4.79 Å². The Hall–Kier alpha value is -3.84. The zero-order valence-electron chi connectivity index (χ0n) is 16.0. The number of methoxy groups -OCH3 is 1. The van der Waals surface area contributed by atoms with Gasteiger partial charge in [-0.1, -0.05) is 30.4 Å². The molecule has 0 aromatic heterocycles. The number of urea groups is 1. The number of ether oxygens (including phenoxy) is 1. The lowest BCUT2D eigenvalue weighted by molar-refractivity contribution is -0.122. The number of hydrogen-bond acceptors (Lipinski definition) is 7. The molecule has 0 saturated heterocycles. The lowest BCUT2D eigenvalue weighted by Gasteiger charge is -2.22. The van der Waals surface area contributed by atoms with Gasteiger partial charge in [-0.2, -0.15) is 5.26 Å². The number of nitrogens with one attached hydrogen (secondary N) is 2. The Balaban J connectivity index is 2.60. The highest BCUT2D eigenvalue weighted by Crippen LogP contribution is 2.37. The summed E-state index contributed by atoms with van der Waals surface area (Å²) in [4.78, 5) is 24.0. The molecule has 10 heteroatoms. The van der Waals surface area contributed by atoms with E-state index in [4.69, 9.17) is 28.0 Å². The smallest absolute Gasteiger partial charge is 0.317 e. The number of benzene rings is 2. The number of phenols is 2. The van der Waals surface area contributed by atoms with Crippen LogP contribution in [0.15, 0.2) is 36.4 Å². The van der Waals surface area contributed by atoms with Gasteiger partial charge in [0.1, 0.15) is 17.3 Å². The number of nitrogens with two attached hydrogens (primary N) is 1. The van der Waals surface area contributed by atoms with Crippen LogP contribution >= 0.6 is 12.2 Å². The molecule has 0 heterocycles. The van der Waals surface area contributed by atoms with E-state index in [1.54, 1.807) is 18.2 Å². The first-order valence-corrected chi connectivity index (χ1v) is 9.12. The summed E-state index contributed by atoms with van der Waals surface area (Å²) in [5.74, 6) is -1.58. The second-order valence-corrected chi connectivity index (χ2v) is 6.61. The Morgan fingerprint density at radius 3 is 2.47 bits per heavy atom. The monoisotopic (exact) mass is 428 g/mol. The van der Waals surface area contributed by atoms with Crippen molar-refractivity contribution < 1.29 is 24.5 Å². The molecule has 30 heavy (non-hydrogen) atoms. The number of thiocarbonyl (C=S) groups is 1. The van der Waals surface area contributed by atoms with Crippen LogP contribution in [0.2, 0.25) is 0 Å². The third-order valence-electron chi connectivity index (χ3n) is 4.27.